The van der Waals surface area contributed by atoms with Gasteiger partial charge in [0.2, 0.25) is 0 Å². The minimum Gasteiger partial charge on any atom is -0.456 e. The van der Waals surface area contributed by atoms with Crippen molar-refractivity contribution < 1.29 is 9.15 Å². The molecule has 2 nitrogen and oxygen atoms in total. The number of ether oxygens (including phenoxy) is 1. The van der Waals surface area contributed by atoms with Gasteiger partial charge in [-0.2, -0.15) is 0 Å². The number of benzene rings is 10. The molecule has 0 amide bonds. The molecule has 0 atom stereocenters. The first kappa shape index (κ1) is 31.4. The van der Waals surface area contributed by atoms with Gasteiger partial charge in [0.15, 0.2) is 0 Å². The summed E-state index contributed by atoms with van der Waals surface area (Å²) in [5, 5.41) is 7.10. The monoisotopic (exact) mass is 748 g/mol. The van der Waals surface area contributed by atoms with Crippen molar-refractivity contribution in [3.05, 3.63) is 216 Å². The third kappa shape index (κ3) is 3.96. The van der Waals surface area contributed by atoms with Crippen molar-refractivity contribution in [2.24, 2.45) is 0 Å². The van der Waals surface area contributed by atoms with E-state index in [4.69, 9.17) is 9.15 Å². The summed E-state index contributed by atoms with van der Waals surface area (Å²) in [5.41, 5.74) is 18.9. The van der Waals surface area contributed by atoms with Crippen molar-refractivity contribution in [3.8, 4) is 67.1 Å². The van der Waals surface area contributed by atoms with Crippen molar-refractivity contribution in [2.45, 2.75) is 5.41 Å². The Kier molecular flexibility index (Phi) is 5.99. The van der Waals surface area contributed by atoms with E-state index in [0.717, 1.165) is 50.0 Å². The van der Waals surface area contributed by atoms with E-state index in [0.29, 0.717) is 0 Å². The zero-order valence-corrected chi connectivity index (χ0v) is 31.8. The molecule has 2 heteroatoms. The maximum Gasteiger partial charge on any atom is 0.136 e. The molecule has 1 spiro atoms. The second-order valence-electron chi connectivity index (χ2n) is 16.2. The Morgan fingerprint density at radius 3 is 1.80 bits per heavy atom. The Morgan fingerprint density at radius 1 is 0.339 bits per heavy atom. The van der Waals surface area contributed by atoms with Crippen molar-refractivity contribution in [1.29, 1.82) is 0 Å². The highest BCUT2D eigenvalue weighted by Gasteiger charge is 2.53. The van der Waals surface area contributed by atoms with Gasteiger partial charge in [-0.1, -0.05) is 152 Å². The lowest BCUT2D eigenvalue weighted by atomic mass is 9.69. The average molecular weight is 749 g/mol. The van der Waals surface area contributed by atoms with E-state index in [1.807, 2.05) is 12.1 Å². The van der Waals surface area contributed by atoms with E-state index >= 15 is 0 Å². The van der Waals surface area contributed by atoms with E-state index in [2.05, 4.69) is 182 Å². The predicted octanol–water partition coefficient (Wildman–Crippen LogP) is 15.3. The van der Waals surface area contributed by atoms with Gasteiger partial charge in [0.1, 0.15) is 22.7 Å². The molecule has 0 saturated heterocycles. The van der Waals surface area contributed by atoms with Gasteiger partial charge in [0.05, 0.1) is 5.41 Å². The number of rotatable bonds is 2. The summed E-state index contributed by atoms with van der Waals surface area (Å²) >= 11 is 0. The van der Waals surface area contributed by atoms with Crippen LogP contribution >= 0.6 is 0 Å². The molecule has 11 aromatic rings. The number of para-hydroxylation sites is 2. The molecule has 0 fully saturated rings. The molecule has 1 aliphatic heterocycles. The Balaban J connectivity index is 1.11. The molecule has 2 aliphatic carbocycles. The molecule has 272 valence electrons. The van der Waals surface area contributed by atoms with Gasteiger partial charge in [-0.25, -0.2) is 0 Å². The summed E-state index contributed by atoms with van der Waals surface area (Å²) in [4.78, 5) is 0. The normalized spacial score (nSPS) is 13.7. The molecule has 3 aliphatic rings. The van der Waals surface area contributed by atoms with Crippen molar-refractivity contribution >= 4 is 43.5 Å². The zero-order valence-electron chi connectivity index (χ0n) is 31.8. The Bertz CT molecular complexity index is 3610. The highest BCUT2D eigenvalue weighted by molar-refractivity contribution is 6.14. The van der Waals surface area contributed by atoms with Crippen LogP contribution in [0.3, 0.4) is 0 Å². The Morgan fingerprint density at radius 2 is 0.966 bits per heavy atom. The zero-order chi connectivity index (χ0) is 38.4. The maximum absolute atomic E-state index is 6.53. The van der Waals surface area contributed by atoms with Crippen molar-refractivity contribution in [2.75, 3.05) is 0 Å². The first-order chi connectivity index (χ1) is 29.3. The van der Waals surface area contributed by atoms with Crippen LogP contribution in [0.5, 0.6) is 11.5 Å². The van der Waals surface area contributed by atoms with Crippen LogP contribution in [0.4, 0.5) is 0 Å². The van der Waals surface area contributed by atoms with Crippen molar-refractivity contribution in [1.82, 2.24) is 0 Å². The second-order valence-corrected chi connectivity index (χ2v) is 16.2. The summed E-state index contributed by atoms with van der Waals surface area (Å²) in [6.07, 6.45) is 0. The number of furan rings is 1. The quantitative estimate of drug-likeness (QED) is 0.176. The first-order valence-electron chi connectivity index (χ1n) is 20.4. The van der Waals surface area contributed by atoms with Gasteiger partial charge in [-0.15, -0.1) is 0 Å². The van der Waals surface area contributed by atoms with Crippen LogP contribution in [-0.4, -0.2) is 0 Å². The lowest BCUT2D eigenvalue weighted by Gasteiger charge is -2.32. The molecular formula is C57H32O2. The summed E-state index contributed by atoms with van der Waals surface area (Å²) < 4.78 is 13.0. The molecule has 59 heavy (non-hydrogen) atoms. The Labute approximate surface area is 340 Å². The minimum absolute atomic E-state index is 0.521. The van der Waals surface area contributed by atoms with E-state index in [-0.39, 0.29) is 0 Å². The number of hydrogen-bond acceptors (Lipinski definition) is 2. The fourth-order valence-corrected chi connectivity index (χ4v) is 11.1. The third-order valence-corrected chi connectivity index (χ3v) is 13.5. The lowest BCUT2D eigenvalue weighted by molar-refractivity contribution is 0.487. The molecule has 0 N–H and O–H groups in total. The molecular weight excluding hydrogens is 717 g/mol. The molecule has 0 bridgehead atoms. The number of hydrogen-bond donors (Lipinski definition) is 0. The number of fused-ring (bicyclic) bond motifs is 17. The van der Waals surface area contributed by atoms with Gasteiger partial charge < -0.3 is 9.15 Å². The smallest absolute Gasteiger partial charge is 0.136 e. The van der Waals surface area contributed by atoms with Crippen LogP contribution in [0, 0.1) is 0 Å². The molecule has 10 aromatic carbocycles. The van der Waals surface area contributed by atoms with Gasteiger partial charge in [0, 0.05) is 21.7 Å². The van der Waals surface area contributed by atoms with Crippen molar-refractivity contribution in [3.63, 3.8) is 0 Å². The van der Waals surface area contributed by atoms with Crippen LogP contribution in [-0.2, 0) is 5.41 Å². The standard InChI is InChI=1S/C57H32O2/c1-6-19-47-37(12-1)38-13-2-7-20-48(38)57(47)49-21-8-3-16-44(49)55-45(35-26-27-41-39-14-4-9-22-50(39)59-53(41)32-35)30-34-25-24-33(31-46(34)56(55)57)36-28-29-52-54-42(36)17-11-18-43(54)40-15-5-10-23-51(40)58-52/h1-32H. The average Bonchev–Trinajstić information content (AvgIpc) is 3.93. The highest BCUT2D eigenvalue weighted by Crippen LogP contribution is 2.65. The summed E-state index contributed by atoms with van der Waals surface area (Å²) in [6.45, 7) is 0. The fraction of sp³-hybridized carbons (Fsp3) is 0.0175. The van der Waals surface area contributed by atoms with Crippen LogP contribution in [0.2, 0.25) is 0 Å². The van der Waals surface area contributed by atoms with Crippen LogP contribution in [0.1, 0.15) is 22.3 Å². The third-order valence-electron chi connectivity index (χ3n) is 13.5. The SMILES string of the molecule is c1ccc2c(c1)Oc1ccc(-c3ccc4cc(-c5ccc6c(c5)oc5ccccc56)c5c(c4c3)C3(c4ccccc4-c4ccccc43)c3ccccc3-5)c3cccc-2c13. The van der Waals surface area contributed by atoms with E-state index in [9.17, 15) is 0 Å². The fourth-order valence-electron chi connectivity index (χ4n) is 11.1. The molecule has 2 heterocycles. The van der Waals surface area contributed by atoms with Gasteiger partial charge in [-0.3, -0.25) is 0 Å². The summed E-state index contributed by atoms with van der Waals surface area (Å²) in [7, 11) is 0. The van der Waals surface area contributed by atoms with Gasteiger partial charge in [0.25, 0.3) is 0 Å². The lowest BCUT2D eigenvalue weighted by Crippen LogP contribution is -2.26. The van der Waals surface area contributed by atoms with E-state index in [1.54, 1.807) is 0 Å². The Hall–Kier alpha value is -7.68. The molecule has 0 unspecified atom stereocenters. The molecule has 1 aromatic heterocycles. The predicted molar refractivity (Wildman–Crippen MR) is 241 cm³/mol. The minimum atomic E-state index is -0.521. The van der Waals surface area contributed by atoms with Crippen LogP contribution < -0.4 is 4.74 Å². The molecule has 0 radical (unpaired) electrons. The van der Waals surface area contributed by atoms with E-state index < -0.39 is 5.41 Å². The van der Waals surface area contributed by atoms with Crippen LogP contribution in [0.15, 0.2) is 199 Å². The van der Waals surface area contributed by atoms with Gasteiger partial charge >= 0.3 is 0 Å². The maximum atomic E-state index is 6.53. The molecule has 14 rings (SSSR count). The summed E-state index contributed by atoms with van der Waals surface area (Å²) in [6, 6.07) is 71.4. The van der Waals surface area contributed by atoms with Gasteiger partial charge in [-0.05, 0) is 131 Å². The van der Waals surface area contributed by atoms with E-state index in [1.165, 1.54) is 82.9 Å². The molecule has 0 saturated carbocycles. The first-order valence-corrected chi connectivity index (χ1v) is 20.4. The largest absolute Gasteiger partial charge is 0.456 e. The van der Waals surface area contributed by atoms with Crippen LogP contribution in [0.25, 0.3) is 99.1 Å². The highest BCUT2D eigenvalue weighted by atomic mass is 16.5. The topological polar surface area (TPSA) is 22.4 Å². The summed E-state index contributed by atoms with van der Waals surface area (Å²) in [5.74, 6) is 1.80. The second kappa shape index (κ2) is 11.2.